The van der Waals surface area contributed by atoms with Crippen molar-refractivity contribution < 1.29 is 22.6 Å². The molecule has 8 heteroatoms. The highest BCUT2D eigenvalue weighted by Crippen LogP contribution is 2.36. The van der Waals surface area contributed by atoms with Crippen molar-refractivity contribution in [1.29, 1.82) is 0 Å². The first kappa shape index (κ1) is 20.6. The maximum atomic E-state index is 12.0. The topological polar surface area (TPSA) is 91.1 Å². The lowest BCUT2D eigenvalue weighted by Crippen LogP contribution is -2.34. The molecule has 0 spiro atoms. The average Bonchev–Trinajstić information content (AvgIpc) is 2.67. The molecule has 2 aromatic carbocycles. The average molecular weight is 407 g/mol. The Morgan fingerprint density at radius 1 is 1.14 bits per heavy atom. The van der Waals surface area contributed by atoms with E-state index in [2.05, 4.69) is 4.90 Å². The quantitative estimate of drug-likeness (QED) is 0.759. The lowest BCUT2D eigenvalue weighted by molar-refractivity contribution is 0.0171. The highest BCUT2D eigenvalue weighted by molar-refractivity contribution is 7.89. The molecule has 7 nitrogen and oxygen atoms in total. The van der Waals surface area contributed by atoms with Gasteiger partial charge in [-0.3, -0.25) is 4.90 Å². The van der Waals surface area contributed by atoms with Gasteiger partial charge in [0, 0.05) is 26.2 Å². The van der Waals surface area contributed by atoms with E-state index in [1.54, 1.807) is 19.2 Å². The van der Waals surface area contributed by atoms with Gasteiger partial charge < -0.3 is 14.2 Å². The van der Waals surface area contributed by atoms with Crippen LogP contribution in [0.2, 0.25) is 0 Å². The van der Waals surface area contributed by atoms with Gasteiger partial charge in [0.2, 0.25) is 10.0 Å². The second kappa shape index (κ2) is 8.48. The smallest absolute Gasteiger partial charge is 0.241 e. The highest BCUT2D eigenvalue weighted by Gasteiger charge is 2.29. The summed E-state index contributed by atoms with van der Waals surface area (Å²) < 4.78 is 40.3. The normalized spacial score (nSPS) is 17.2. The van der Waals surface area contributed by atoms with Crippen LogP contribution >= 0.6 is 0 Å². The zero-order chi connectivity index (χ0) is 20.3. The van der Waals surface area contributed by atoms with Crippen molar-refractivity contribution in [3.05, 3.63) is 53.1 Å². The summed E-state index contributed by atoms with van der Waals surface area (Å²) >= 11 is 0. The largest absolute Gasteiger partial charge is 0.497 e. The third-order valence-electron chi connectivity index (χ3n) is 4.83. The summed E-state index contributed by atoms with van der Waals surface area (Å²) in [6.07, 6.45) is -0.238. The molecular formula is C20H26N2O5S. The van der Waals surface area contributed by atoms with Gasteiger partial charge in [0.15, 0.2) is 0 Å². The Bertz CT molecular complexity index is 928. The van der Waals surface area contributed by atoms with Crippen LogP contribution in [0.3, 0.4) is 0 Å². The number of ether oxygens (including phenoxy) is 3. The number of hydrogen-bond acceptors (Lipinski definition) is 6. The molecular weight excluding hydrogens is 380 g/mol. The molecule has 2 N–H and O–H groups in total. The Balaban J connectivity index is 1.92. The minimum absolute atomic E-state index is 0.0120. The molecule has 1 aliphatic heterocycles. The van der Waals surface area contributed by atoms with Crippen molar-refractivity contribution >= 4 is 10.0 Å². The lowest BCUT2D eigenvalue weighted by Gasteiger charge is -2.35. The summed E-state index contributed by atoms with van der Waals surface area (Å²) in [4.78, 5) is 2.25. The van der Waals surface area contributed by atoms with E-state index >= 15 is 0 Å². The number of nitrogens with zero attached hydrogens (tertiary/aromatic N) is 1. The molecule has 0 aliphatic carbocycles. The van der Waals surface area contributed by atoms with Crippen molar-refractivity contribution in [3.63, 3.8) is 0 Å². The molecule has 0 bridgehead atoms. The first-order chi connectivity index (χ1) is 13.4. The molecule has 0 saturated heterocycles. The molecule has 1 heterocycles. The van der Waals surface area contributed by atoms with Gasteiger partial charge in [-0.1, -0.05) is 12.1 Å². The number of nitrogens with two attached hydrogens (primary N) is 1. The zero-order valence-electron chi connectivity index (χ0n) is 16.3. The van der Waals surface area contributed by atoms with Gasteiger partial charge in [-0.05, 0) is 47.9 Å². The summed E-state index contributed by atoms with van der Waals surface area (Å²) in [6, 6.07) is 11.3. The van der Waals surface area contributed by atoms with E-state index in [9.17, 15) is 8.42 Å². The maximum absolute atomic E-state index is 12.0. The highest BCUT2D eigenvalue weighted by atomic mass is 32.2. The minimum atomic E-state index is -3.89. The van der Waals surface area contributed by atoms with E-state index in [1.165, 1.54) is 7.11 Å². The minimum Gasteiger partial charge on any atom is -0.497 e. The van der Waals surface area contributed by atoms with Crippen molar-refractivity contribution in [2.45, 2.75) is 31.0 Å². The summed E-state index contributed by atoms with van der Waals surface area (Å²) in [7, 11) is -0.808. The summed E-state index contributed by atoms with van der Waals surface area (Å²) in [5.41, 5.74) is 2.98. The van der Waals surface area contributed by atoms with Crippen LogP contribution in [-0.4, -0.2) is 40.7 Å². The third kappa shape index (κ3) is 4.47. The van der Waals surface area contributed by atoms with E-state index < -0.39 is 10.0 Å². The van der Waals surface area contributed by atoms with Gasteiger partial charge in [-0.2, -0.15) is 0 Å². The molecule has 3 rings (SSSR count). The number of sulfonamides is 1. The molecule has 152 valence electrons. The Morgan fingerprint density at radius 2 is 1.86 bits per heavy atom. The van der Waals surface area contributed by atoms with E-state index in [-0.39, 0.29) is 16.7 Å². The number of rotatable bonds is 7. The zero-order valence-corrected chi connectivity index (χ0v) is 17.2. The monoisotopic (exact) mass is 406 g/mol. The number of benzene rings is 2. The summed E-state index contributed by atoms with van der Waals surface area (Å²) in [5, 5.41) is 5.37. The fourth-order valence-corrected chi connectivity index (χ4v) is 4.24. The first-order valence-corrected chi connectivity index (χ1v) is 10.6. The summed E-state index contributed by atoms with van der Waals surface area (Å²) in [6.45, 7) is 4.51. The Morgan fingerprint density at radius 3 is 2.43 bits per heavy atom. The number of hydrogen-bond donors (Lipinski definition) is 1. The molecule has 0 fully saturated rings. The van der Waals surface area contributed by atoms with E-state index in [0.29, 0.717) is 19.7 Å². The van der Waals surface area contributed by atoms with E-state index in [1.807, 2.05) is 31.2 Å². The van der Waals surface area contributed by atoms with Gasteiger partial charge in [-0.25, -0.2) is 13.6 Å². The molecule has 28 heavy (non-hydrogen) atoms. The SMILES string of the molecule is CCOC1CN(Cc2ccc(OC)cc2)Cc2cc(OC)c(S(N)(=O)=O)cc21. The van der Waals surface area contributed by atoms with Gasteiger partial charge in [0.25, 0.3) is 0 Å². The van der Waals surface area contributed by atoms with Gasteiger partial charge in [0.1, 0.15) is 16.4 Å². The maximum Gasteiger partial charge on any atom is 0.241 e. The molecule has 1 unspecified atom stereocenters. The van der Waals surface area contributed by atoms with Crippen molar-refractivity contribution in [2.24, 2.45) is 5.14 Å². The molecule has 0 radical (unpaired) electrons. The van der Waals surface area contributed by atoms with E-state index in [4.69, 9.17) is 19.3 Å². The second-order valence-corrected chi connectivity index (χ2v) is 8.24. The predicted molar refractivity (Wildman–Crippen MR) is 106 cm³/mol. The molecule has 0 saturated carbocycles. The summed E-state index contributed by atoms with van der Waals surface area (Å²) in [5.74, 6) is 1.07. The number of primary sulfonamides is 1. The van der Waals surface area contributed by atoms with Crippen LogP contribution in [0, 0.1) is 0 Å². The Kier molecular flexibility index (Phi) is 6.24. The number of fused-ring (bicyclic) bond motifs is 1. The van der Waals surface area contributed by atoms with Crippen LogP contribution in [0.4, 0.5) is 0 Å². The van der Waals surface area contributed by atoms with E-state index in [0.717, 1.165) is 29.0 Å². The number of methoxy groups -OCH3 is 2. The van der Waals surface area contributed by atoms with Crippen molar-refractivity contribution in [3.8, 4) is 11.5 Å². The van der Waals surface area contributed by atoms with Crippen LogP contribution in [-0.2, 0) is 27.8 Å². The Hall–Kier alpha value is -2.13. The van der Waals surface area contributed by atoms with Crippen molar-refractivity contribution in [1.82, 2.24) is 4.90 Å². The van der Waals surface area contributed by atoms with Crippen LogP contribution in [0.25, 0.3) is 0 Å². The fraction of sp³-hybridized carbons (Fsp3) is 0.400. The third-order valence-corrected chi connectivity index (χ3v) is 5.76. The molecule has 2 aromatic rings. The second-order valence-electron chi connectivity index (χ2n) is 6.71. The van der Waals surface area contributed by atoms with Crippen LogP contribution < -0.4 is 14.6 Å². The molecule has 0 amide bonds. The first-order valence-electron chi connectivity index (χ1n) is 9.06. The standard InChI is InChI=1S/C20H26N2O5S/c1-4-27-19-13-22(11-14-5-7-16(25-2)8-6-14)12-15-9-18(26-3)20(10-17(15)19)28(21,23)24/h5-10,19H,4,11-13H2,1-3H3,(H2,21,23,24). The molecule has 1 atom stereocenters. The van der Waals surface area contributed by atoms with Gasteiger partial charge >= 0.3 is 0 Å². The lowest BCUT2D eigenvalue weighted by atomic mass is 9.96. The van der Waals surface area contributed by atoms with Crippen LogP contribution in [0.1, 0.15) is 29.7 Å². The molecule has 0 aromatic heterocycles. The van der Waals surface area contributed by atoms with Crippen LogP contribution in [0.15, 0.2) is 41.3 Å². The van der Waals surface area contributed by atoms with Crippen LogP contribution in [0.5, 0.6) is 11.5 Å². The molecule has 1 aliphatic rings. The van der Waals surface area contributed by atoms with Gasteiger partial charge in [-0.15, -0.1) is 0 Å². The van der Waals surface area contributed by atoms with Crippen molar-refractivity contribution in [2.75, 3.05) is 27.4 Å². The van der Waals surface area contributed by atoms with Gasteiger partial charge in [0.05, 0.1) is 20.3 Å². The predicted octanol–water partition coefficient (Wildman–Crippen LogP) is 2.44. The Labute approximate surface area is 166 Å². The fourth-order valence-electron chi connectivity index (χ4n) is 3.53.